The highest BCUT2D eigenvalue weighted by Crippen LogP contribution is 2.24. The third kappa shape index (κ3) is 10.9. The third-order valence-electron chi connectivity index (χ3n) is 3.64. The molecule has 0 aromatic rings. The summed E-state index contributed by atoms with van der Waals surface area (Å²) in [5, 5.41) is 0. The molecule has 23 heavy (non-hydrogen) atoms. The molecule has 0 aromatic carbocycles. The SMILES string of the molecule is CC1CC(CCSCCC(=O)OCCOC(=O)CCS)CCO1. The summed E-state index contributed by atoms with van der Waals surface area (Å²) in [6.07, 6.45) is 4.55. The van der Waals surface area contributed by atoms with E-state index in [0.29, 0.717) is 18.3 Å². The van der Waals surface area contributed by atoms with E-state index >= 15 is 0 Å². The molecule has 1 aliphatic rings. The van der Waals surface area contributed by atoms with Gasteiger partial charge in [-0.15, -0.1) is 0 Å². The summed E-state index contributed by atoms with van der Waals surface area (Å²) in [6.45, 7) is 3.25. The lowest BCUT2D eigenvalue weighted by Gasteiger charge is -2.27. The quantitative estimate of drug-likeness (QED) is 0.346. The molecule has 0 radical (unpaired) electrons. The molecule has 2 atom stereocenters. The van der Waals surface area contributed by atoms with Crippen LogP contribution >= 0.6 is 24.4 Å². The maximum absolute atomic E-state index is 11.5. The van der Waals surface area contributed by atoms with Gasteiger partial charge in [-0.2, -0.15) is 24.4 Å². The van der Waals surface area contributed by atoms with Gasteiger partial charge in [0.2, 0.25) is 0 Å². The van der Waals surface area contributed by atoms with Crippen molar-refractivity contribution in [2.24, 2.45) is 5.92 Å². The molecule has 0 bridgehead atoms. The van der Waals surface area contributed by atoms with E-state index in [9.17, 15) is 9.59 Å². The van der Waals surface area contributed by atoms with Gasteiger partial charge in [0.1, 0.15) is 13.2 Å². The summed E-state index contributed by atoms with van der Waals surface area (Å²) >= 11 is 5.73. The minimum atomic E-state index is -0.311. The Bertz CT molecular complexity index is 351. The topological polar surface area (TPSA) is 61.8 Å². The summed E-state index contributed by atoms with van der Waals surface area (Å²) < 4.78 is 15.4. The molecule has 7 heteroatoms. The van der Waals surface area contributed by atoms with Gasteiger partial charge in [-0.25, -0.2) is 0 Å². The van der Waals surface area contributed by atoms with Crippen LogP contribution in [0.15, 0.2) is 0 Å². The maximum atomic E-state index is 11.5. The van der Waals surface area contributed by atoms with Crippen LogP contribution in [-0.4, -0.2) is 55.1 Å². The van der Waals surface area contributed by atoms with Crippen molar-refractivity contribution in [2.75, 3.05) is 37.1 Å². The minimum absolute atomic E-state index is 0.118. The Morgan fingerprint density at radius 2 is 1.87 bits per heavy atom. The first kappa shape index (κ1) is 20.6. The Labute approximate surface area is 148 Å². The van der Waals surface area contributed by atoms with E-state index in [1.54, 1.807) is 11.8 Å². The molecule has 0 spiro atoms. The van der Waals surface area contributed by atoms with Crippen molar-refractivity contribution in [1.82, 2.24) is 0 Å². The maximum Gasteiger partial charge on any atom is 0.306 e. The number of hydrogen-bond acceptors (Lipinski definition) is 7. The molecule has 134 valence electrons. The molecule has 1 heterocycles. The number of carbonyl (C=O) groups excluding carboxylic acids is 2. The van der Waals surface area contributed by atoms with Crippen LogP contribution in [0.4, 0.5) is 0 Å². The Balaban J connectivity index is 1.90. The van der Waals surface area contributed by atoms with Gasteiger partial charge >= 0.3 is 11.9 Å². The van der Waals surface area contributed by atoms with Crippen molar-refractivity contribution in [3.63, 3.8) is 0 Å². The molecular formula is C16H28O5S2. The molecule has 1 aliphatic heterocycles. The largest absolute Gasteiger partial charge is 0.462 e. The first-order valence-corrected chi connectivity index (χ1v) is 10.0. The number of thioether (sulfide) groups is 1. The van der Waals surface area contributed by atoms with Crippen LogP contribution in [0.2, 0.25) is 0 Å². The van der Waals surface area contributed by atoms with Gasteiger partial charge in [-0.1, -0.05) is 0 Å². The van der Waals surface area contributed by atoms with Crippen molar-refractivity contribution in [3.05, 3.63) is 0 Å². The highest BCUT2D eigenvalue weighted by molar-refractivity contribution is 7.99. The summed E-state index contributed by atoms with van der Waals surface area (Å²) in [5.74, 6) is 2.52. The summed E-state index contributed by atoms with van der Waals surface area (Å²) in [6, 6.07) is 0. The molecule has 1 rings (SSSR count). The van der Waals surface area contributed by atoms with Gasteiger partial charge in [0.15, 0.2) is 0 Å². The second kappa shape index (κ2) is 13.0. The van der Waals surface area contributed by atoms with Gasteiger partial charge < -0.3 is 14.2 Å². The van der Waals surface area contributed by atoms with Gasteiger partial charge in [0, 0.05) is 18.1 Å². The smallest absolute Gasteiger partial charge is 0.306 e. The average Bonchev–Trinajstić information content (AvgIpc) is 2.51. The molecule has 0 amide bonds. The van der Waals surface area contributed by atoms with Crippen LogP contribution in [-0.2, 0) is 23.8 Å². The lowest BCUT2D eigenvalue weighted by molar-refractivity contribution is -0.151. The minimum Gasteiger partial charge on any atom is -0.462 e. The average molecular weight is 365 g/mol. The van der Waals surface area contributed by atoms with E-state index in [1.165, 1.54) is 6.42 Å². The van der Waals surface area contributed by atoms with E-state index in [4.69, 9.17) is 14.2 Å². The second-order valence-corrected chi connectivity index (χ2v) is 7.31. The van der Waals surface area contributed by atoms with Crippen molar-refractivity contribution >= 4 is 36.3 Å². The van der Waals surface area contributed by atoms with E-state index in [2.05, 4.69) is 19.6 Å². The van der Waals surface area contributed by atoms with Gasteiger partial charge in [0.05, 0.1) is 18.9 Å². The monoisotopic (exact) mass is 364 g/mol. The van der Waals surface area contributed by atoms with Crippen LogP contribution in [0, 0.1) is 5.92 Å². The van der Waals surface area contributed by atoms with E-state index in [0.717, 1.165) is 36.9 Å². The summed E-state index contributed by atoms with van der Waals surface area (Å²) in [4.78, 5) is 22.6. The van der Waals surface area contributed by atoms with Crippen LogP contribution < -0.4 is 0 Å². The van der Waals surface area contributed by atoms with Crippen molar-refractivity contribution in [3.8, 4) is 0 Å². The highest BCUT2D eigenvalue weighted by Gasteiger charge is 2.18. The lowest BCUT2D eigenvalue weighted by Crippen LogP contribution is -2.23. The van der Waals surface area contributed by atoms with E-state index < -0.39 is 0 Å². The number of rotatable bonds is 11. The number of thiol groups is 1. The summed E-state index contributed by atoms with van der Waals surface area (Å²) in [5.41, 5.74) is 0. The molecule has 2 unspecified atom stereocenters. The zero-order valence-electron chi connectivity index (χ0n) is 13.8. The standard InChI is InChI=1S/C16H28O5S2/c1-13-12-14(2-6-19-13)4-10-23-11-5-16(18)21-8-7-20-15(17)3-9-22/h13-14,22H,2-12H2,1H3. The lowest BCUT2D eigenvalue weighted by atomic mass is 9.94. The molecular weight excluding hydrogens is 336 g/mol. The predicted octanol–water partition coefficient (Wildman–Crippen LogP) is 2.72. The Kier molecular flexibility index (Phi) is 11.6. The molecule has 0 aromatic heterocycles. The summed E-state index contributed by atoms with van der Waals surface area (Å²) in [7, 11) is 0. The van der Waals surface area contributed by atoms with Crippen molar-refractivity contribution < 1.29 is 23.8 Å². The van der Waals surface area contributed by atoms with Crippen LogP contribution in [0.25, 0.3) is 0 Å². The molecule has 0 saturated carbocycles. The van der Waals surface area contributed by atoms with E-state index in [-0.39, 0.29) is 31.6 Å². The molecule has 0 N–H and O–H groups in total. The normalized spacial score (nSPS) is 21.0. The number of esters is 2. The van der Waals surface area contributed by atoms with Crippen LogP contribution in [0.3, 0.4) is 0 Å². The fourth-order valence-corrected chi connectivity index (χ4v) is 3.61. The third-order valence-corrected chi connectivity index (χ3v) is 4.88. The second-order valence-electron chi connectivity index (χ2n) is 5.64. The fourth-order valence-electron chi connectivity index (χ4n) is 2.41. The van der Waals surface area contributed by atoms with Crippen molar-refractivity contribution in [1.29, 1.82) is 0 Å². The number of carbonyl (C=O) groups is 2. The molecule has 0 aliphatic carbocycles. The Morgan fingerprint density at radius 3 is 2.52 bits per heavy atom. The predicted molar refractivity (Wildman–Crippen MR) is 95.1 cm³/mol. The fraction of sp³-hybridized carbons (Fsp3) is 0.875. The van der Waals surface area contributed by atoms with Crippen LogP contribution in [0.5, 0.6) is 0 Å². The zero-order valence-corrected chi connectivity index (χ0v) is 15.5. The van der Waals surface area contributed by atoms with Crippen molar-refractivity contribution in [2.45, 2.75) is 45.1 Å². The number of ether oxygens (including phenoxy) is 3. The van der Waals surface area contributed by atoms with E-state index in [1.807, 2.05) is 0 Å². The molecule has 5 nitrogen and oxygen atoms in total. The van der Waals surface area contributed by atoms with Gasteiger partial charge in [0.25, 0.3) is 0 Å². The Hall–Kier alpha value is -0.400. The zero-order chi connectivity index (χ0) is 16.9. The Morgan fingerprint density at radius 1 is 1.17 bits per heavy atom. The number of hydrogen-bond donors (Lipinski definition) is 1. The molecule has 1 saturated heterocycles. The first-order valence-electron chi connectivity index (χ1n) is 8.23. The highest BCUT2D eigenvalue weighted by atomic mass is 32.2. The van der Waals surface area contributed by atoms with Gasteiger partial charge in [-0.3, -0.25) is 9.59 Å². The molecule has 1 fully saturated rings. The van der Waals surface area contributed by atoms with Crippen LogP contribution in [0.1, 0.15) is 39.0 Å². The first-order chi connectivity index (χ1) is 11.1. The van der Waals surface area contributed by atoms with Gasteiger partial charge in [-0.05, 0) is 37.9 Å².